The molecule has 0 saturated carbocycles. The van der Waals surface area contributed by atoms with Crippen LogP contribution in [0, 0.1) is 24.7 Å². The van der Waals surface area contributed by atoms with Gasteiger partial charge in [-0.05, 0) is 74.0 Å². The molecule has 0 bridgehead atoms. The summed E-state index contributed by atoms with van der Waals surface area (Å²) in [4.78, 5) is 13.1. The van der Waals surface area contributed by atoms with Gasteiger partial charge in [0.05, 0.1) is 6.61 Å². The topological polar surface area (TPSA) is 26.3 Å². The molecule has 1 saturated heterocycles. The van der Waals surface area contributed by atoms with Crippen LogP contribution in [0.5, 0.6) is 0 Å². The van der Waals surface area contributed by atoms with Crippen LogP contribution in [-0.2, 0) is 16.0 Å². The van der Waals surface area contributed by atoms with E-state index in [4.69, 9.17) is 4.74 Å². The molecule has 2 aromatic rings. The van der Waals surface area contributed by atoms with Crippen LogP contribution in [0.4, 0.5) is 0 Å². The molecular formula is C30H36O2. The second-order valence-corrected chi connectivity index (χ2v) is 9.49. The van der Waals surface area contributed by atoms with E-state index in [0.29, 0.717) is 30.6 Å². The summed E-state index contributed by atoms with van der Waals surface area (Å²) >= 11 is 0. The van der Waals surface area contributed by atoms with E-state index in [0.717, 1.165) is 45.1 Å². The molecule has 2 aromatic carbocycles. The highest BCUT2D eigenvalue weighted by molar-refractivity contribution is 5.81. The lowest BCUT2D eigenvalue weighted by atomic mass is 9.79. The first kappa shape index (κ1) is 22.7. The highest BCUT2D eigenvalue weighted by Gasteiger charge is 2.30. The number of rotatable bonds is 8. The summed E-state index contributed by atoms with van der Waals surface area (Å²) in [5, 5.41) is 0. The summed E-state index contributed by atoms with van der Waals surface area (Å²) in [7, 11) is 0. The zero-order valence-corrected chi connectivity index (χ0v) is 19.3. The number of hydrogen-bond donors (Lipinski definition) is 0. The molecule has 1 heterocycles. The molecule has 2 heteroatoms. The van der Waals surface area contributed by atoms with Crippen molar-refractivity contribution in [1.29, 1.82) is 0 Å². The van der Waals surface area contributed by atoms with Gasteiger partial charge >= 0.3 is 0 Å². The number of ketones is 1. The number of carbonyl (C=O) groups is 1. The van der Waals surface area contributed by atoms with E-state index >= 15 is 0 Å². The van der Waals surface area contributed by atoms with Crippen LogP contribution >= 0.6 is 0 Å². The predicted molar refractivity (Wildman–Crippen MR) is 132 cm³/mol. The van der Waals surface area contributed by atoms with Crippen LogP contribution in [0.15, 0.2) is 72.8 Å². The largest absolute Gasteiger partial charge is 0.381 e. The van der Waals surface area contributed by atoms with Crippen molar-refractivity contribution in [2.45, 2.75) is 51.9 Å². The molecule has 0 spiro atoms. The minimum atomic E-state index is 0.0624. The van der Waals surface area contributed by atoms with Crippen molar-refractivity contribution in [2.24, 2.45) is 17.8 Å². The van der Waals surface area contributed by atoms with Gasteiger partial charge in [0.15, 0.2) is 0 Å². The van der Waals surface area contributed by atoms with E-state index in [1.54, 1.807) is 0 Å². The molecule has 3 atom stereocenters. The zero-order valence-electron chi connectivity index (χ0n) is 19.3. The van der Waals surface area contributed by atoms with Gasteiger partial charge in [0.2, 0.25) is 0 Å². The Morgan fingerprint density at radius 2 is 1.84 bits per heavy atom. The monoisotopic (exact) mass is 428 g/mol. The maximum atomic E-state index is 13.1. The van der Waals surface area contributed by atoms with Gasteiger partial charge < -0.3 is 4.74 Å². The molecule has 1 aliphatic heterocycles. The summed E-state index contributed by atoms with van der Waals surface area (Å²) < 4.78 is 5.83. The quantitative estimate of drug-likeness (QED) is 0.453. The third kappa shape index (κ3) is 6.29. The van der Waals surface area contributed by atoms with Gasteiger partial charge in [-0.2, -0.15) is 0 Å². The molecule has 2 nitrogen and oxygen atoms in total. The fourth-order valence-corrected chi connectivity index (χ4v) is 5.06. The Morgan fingerprint density at radius 3 is 2.59 bits per heavy atom. The Hall–Kier alpha value is -2.45. The van der Waals surface area contributed by atoms with E-state index in [9.17, 15) is 4.79 Å². The molecule has 168 valence electrons. The summed E-state index contributed by atoms with van der Waals surface area (Å²) in [5.74, 6) is 1.49. The van der Waals surface area contributed by atoms with Crippen molar-refractivity contribution >= 4 is 11.4 Å². The first-order chi connectivity index (χ1) is 15.7. The van der Waals surface area contributed by atoms with E-state index in [1.165, 1.54) is 22.3 Å². The van der Waals surface area contributed by atoms with E-state index < -0.39 is 0 Å². The summed E-state index contributed by atoms with van der Waals surface area (Å²) in [6.07, 6.45) is 14.1. The van der Waals surface area contributed by atoms with Crippen molar-refractivity contribution in [3.63, 3.8) is 0 Å². The number of carbonyl (C=O) groups excluding carboxylic acids is 1. The zero-order chi connectivity index (χ0) is 22.2. The maximum absolute atomic E-state index is 13.1. The Kier molecular flexibility index (Phi) is 8.12. The summed E-state index contributed by atoms with van der Waals surface area (Å²) in [6.45, 7) is 3.53. The third-order valence-electron chi connectivity index (χ3n) is 7.13. The Bertz CT molecular complexity index is 923. The Labute approximate surface area is 193 Å². The van der Waals surface area contributed by atoms with Crippen LogP contribution in [0.25, 0.3) is 5.57 Å². The second kappa shape index (κ2) is 11.4. The Balaban J connectivity index is 1.30. The smallest absolute Gasteiger partial charge is 0.138 e. The lowest BCUT2D eigenvalue weighted by Crippen LogP contribution is -2.27. The van der Waals surface area contributed by atoms with Crippen LogP contribution in [0.1, 0.15) is 55.2 Å². The van der Waals surface area contributed by atoms with Crippen LogP contribution in [0.2, 0.25) is 0 Å². The lowest BCUT2D eigenvalue weighted by Gasteiger charge is -2.25. The first-order valence-electron chi connectivity index (χ1n) is 12.3. The van der Waals surface area contributed by atoms with Crippen LogP contribution in [-0.4, -0.2) is 19.0 Å². The molecule has 4 rings (SSSR count). The van der Waals surface area contributed by atoms with E-state index in [-0.39, 0.29) is 5.92 Å². The fraction of sp³-hybridized carbons (Fsp3) is 0.433. The van der Waals surface area contributed by atoms with Crippen molar-refractivity contribution in [3.05, 3.63) is 89.5 Å². The molecule has 1 aliphatic carbocycles. The molecule has 32 heavy (non-hydrogen) atoms. The number of benzene rings is 2. The fourth-order valence-electron chi connectivity index (χ4n) is 5.06. The summed E-state index contributed by atoms with van der Waals surface area (Å²) in [5.41, 5.74) is 5.18. The summed E-state index contributed by atoms with van der Waals surface area (Å²) in [6, 6.07) is 19.1. The SMILES string of the molecule is Cc1ccc(C2=CCC(CC[C@@H]3CCCOCC3C(=O)CCc3ccccc3)C=C2)cc1. The van der Waals surface area contributed by atoms with Gasteiger partial charge in [0, 0.05) is 18.9 Å². The van der Waals surface area contributed by atoms with Crippen molar-refractivity contribution in [3.8, 4) is 0 Å². The molecule has 0 amide bonds. The molecule has 0 aromatic heterocycles. The molecule has 2 aliphatic rings. The standard InChI is InChI=1S/C30H36O2/c1-23-9-15-26(16-10-23)27-17-11-25(12-18-27)13-19-28-8-5-21-32-22-29(28)30(31)20-14-24-6-3-2-4-7-24/h2-4,6-7,9-11,15-18,25,28-29H,5,8,12-14,19-22H2,1H3/t25?,28-,29?/m0/s1. The Morgan fingerprint density at radius 1 is 1.03 bits per heavy atom. The second-order valence-electron chi connectivity index (χ2n) is 9.49. The van der Waals surface area contributed by atoms with Crippen molar-refractivity contribution in [2.75, 3.05) is 13.2 Å². The van der Waals surface area contributed by atoms with Crippen molar-refractivity contribution < 1.29 is 9.53 Å². The number of Topliss-reactive ketones (excluding diaryl/α,β-unsaturated/α-hetero) is 1. The minimum absolute atomic E-state index is 0.0624. The van der Waals surface area contributed by atoms with Gasteiger partial charge in [0.1, 0.15) is 5.78 Å². The van der Waals surface area contributed by atoms with Gasteiger partial charge in [-0.1, -0.05) is 78.4 Å². The molecule has 0 N–H and O–H groups in total. The van der Waals surface area contributed by atoms with Gasteiger partial charge in [-0.15, -0.1) is 0 Å². The molecule has 1 fully saturated rings. The number of aryl methyl sites for hydroxylation is 2. The number of ether oxygens (including phenoxy) is 1. The lowest BCUT2D eigenvalue weighted by molar-refractivity contribution is -0.126. The third-order valence-corrected chi connectivity index (χ3v) is 7.13. The molecule has 0 radical (unpaired) electrons. The van der Waals surface area contributed by atoms with Crippen LogP contribution < -0.4 is 0 Å². The predicted octanol–water partition coefficient (Wildman–Crippen LogP) is 6.98. The van der Waals surface area contributed by atoms with Gasteiger partial charge in [-0.3, -0.25) is 4.79 Å². The molecule has 2 unspecified atom stereocenters. The minimum Gasteiger partial charge on any atom is -0.381 e. The maximum Gasteiger partial charge on any atom is 0.138 e. The number of hydrogen-bond acceptors (Lipinski definition) is 2. The number of allylic oxidation sites excluding steroid dienone is 4. The van der Waals surface area contributed by atoms with E-state index in [2.05, 4.69) is 61.5 Å². The highest BCUT2D eigenvalue weighted by Crippen LogP contribution is 2.33. The van der Waals surface area contributed by atoms with Gasteiger partial charge in [0.25, 0.3) is 0 Å². The van der Waals surface area contributed by atoms with Gasteiger partial charge in [-0.25, -0.2) is 0 Å². The average Bonchev–Trinajstić information content (AvgIpc) is 3.08. The average molecular weight is 429 g/mol. The highest BCUT2D eigenvalue weighted by atomic mass is 16.5. The first-order valence-corrected chi connectivity index (χ1v) is 12.3. The molecular weight excluding hydrogens is 392 g/mol. The van der Waals surface area contributed by atoms with Crippen molar-refractivity contribution in [1.82, 2.24) is 0 Å². The van der Waals surface area contributed by atoms with Crippen LogP contribution in [0.3, 0.4) is 0 Å². The normalized spacial score (nSPS) is 23.4. The van der Waals surface area contributed by atoms with E-state index in [1.807, 2.05) is 18.2 Å².